The molecule has 0 atom stereocenters. The second-order valence-electron chi connectivity index (χ2n) is 7.29. The van der Waals surface area contributed by atoms with Crippen LogP contribution in [0.5, 0.6) is 11.5 Å². The van der Waals surface area contributed by atoms with E-state index in [0.717, 1.165) is 32.3 Å². The third kappa shape index (κ3) is 3.71. The first-order valence-corrected chi connectivity index (χ1v) is 11.9. The summed E-state index contributed by atoms with van der Waals surface area (Å²) in [5.74, 6) is 1.30. The van der Waals surface area contributed by atoms with E-state index < -0.39 is 10.0 Å². The molecule has 1 aliphatic rings. The van der Waals surface area contributed by atoms with Crippen LogP contribution >= 0.6 is 11.3 Å². The Kier molecular flexibility index (Phi) is 5.57. The van der Waals surface area contributed by atoms with Crippen LogP contribution in [0.25, 0.3) is 10.6 Å². The molecular formula is C22H24N2O4S2. The first kappa shape index (κ1) is 20.8. The molecule has 0 N–H and O–H groups in total. The maximum Gasteiger partial charge on any atom is 0.243 e. The summed E-state index contributed by atoms with van der Waals surface area (Å²) in [4.78, 5) is 6.10. The van der Waals surface area contributed by atoms with Gasteiger partial charge in [-0.3, -0.25) is 0 Å². The molecule has 0 saturated heterocycles. The minimum Gasteiger partial charge on any atom is -0.493 e. The van der Waals surface area contributed by atoms with Crippen molar-refractivity contribution in [2.24, 2.45) is 0 Å². The molecule has 30 heavy (non-hydrogen) atoms. The fraction of sp³-hybridized carbons (Fsp3) is 0.318. The zero-order chi connectivity index (χ0) is 21.5. The fourth-order valence-electron chi connectivity index (χ4n) is 3.49. The van der Waals surface area contributed by atoms with E-state index >= 15 is 0 Å². The number of hydrogen-bond acceptors (Lipinski definition) is 6. The molecule has 2 aromatic carbocycles. The second-order valence-corrected chi connectivity index (χ2v) is 10.3. The standard InChI is InChI=1S/C22H24N2O4S2/c1-14-5-7-17(11-15(14)2)30(25,26)24-10-9-18-21(13-24)29-22(23-18)16-6-8-19(27-3)20(12-16)28-4/h5-8,11-12H,9-10,13H2,1-4H3. The van der Waals surface area contributed by atoms with Gasteiger partial charge in [0.2, 0.25) is 10.0 Å². The van der Waals surface area contributed by atoms with Gasteiger partial charge in [0.05, 0.1) is 31.4 Å². The Morgan fingerprint density at radius 3 is 2.47 bits per heavy atom. The number of fused-ring (bicyclic) bond motifs is 1. The highest BCUT2D eigenvalue weighted by Crippen LogP contribution is 2.37. The third-order valence-corrected chi connectivity index (χ3v) is 8.42. The molecule has 0 aliphatic carbocycles. The summed E-state index contributed by atoms with van der Waals surface area (Å²) in [5, 5.41) is 0.853. The molecule has 2 heterocycles. The average Bonchev–Trinajstić information content (AvgIpc) is 3.18. The smallest absolute Gasteiger partial charge is 0.243 e. The van der Waals surface area contributed by atoms with Crippen molar-refractivity contribution in [3.63, 3.8) is 0 Å². The van der Waals surface area contributed by atoms with Crippen LogP contribution in [0.4, 0.5) is 0 Å². The minimum atomic E-state index is -3.54. The van der Waals surface area contributed by atoms with Gasteiger partial charge in [-0.05, 0) is 55.3 Å². The quantitative estimate of drug-likeness (QED) is 0.590. The molecule has 0 spiro atoms. The van der Waals surface area contributed by atoms with Crippen molar-refractivity contribution in [2.45, 2.75) is 31.7 Å². The highest BCUT2D eigenvalue weighted by atomic mass is 32.2. The van der Waals surface area contributed by atoms with Gasteiger partial charge in [0.15, 0.2) is 11.5 Å². The van der Waals surface area contributed by atoms with Gasteiger partial charge < -0.3 is 9.47 Å². The summed E-state index contributed by atoms with van der Waals surface area (Å²) in [6, 6.07) is 11.0. The summed E-state index contributed by atoms with van der Waals surface area (Å²) in [7, 11) is -0.341. The van der Waals surface area contributed by atoms with Crippen LogP contribution in [0.2, 0.25) is 0 Å². The average molecular weight is 445 g/mol. The van der Waals surface area contributed by atoms with E-state index in [1.807, 2.05) is 38.1 Å². The summed E-state index contributed by atoms with van der Waals surface area (Å²) in [6.45, 7) is 4.68. The summed E-state index contributed by atoms with van der Waals surface area (Å²) >= 11 is 1.53. The molecule has 0 radical (unpaired) electrons. The zero-order valence-electron chi connectivity index (χ0n) is 17.4. The van der Waals surface area contributed by atoms with E-state index in [2.05, 4.69) is 0 Å². The second kappa shape index (κ2) is 8.02. The maximum atomic E-state index is 13.2. The van der Waals surface area contributed by atoms with Crippen molar-refractivity contribution < 1.29 is 17.9 Å². The molecule has 0 bridgehead atoms. The van der Waals surface area contributed by atoms with Gasteiger partial charge in [-0.25, -0.2) is 13.4 Å². The Balaban J connectivity index is 1.62. The summed E-state index contributed by atoms with van der Waals surface area (Å²) in [5.41, 5.74) is 3.95. The lowest BCUT2D eigenvalue weighted by atomic mass is 10.1. The van der Waals surface area contributed by atoms with E-state index in [4.69, 9.17) is 14.5 Å². The van der Waals surface area contributed by atoms with E-state index in [0.29, 0.717) is 35.9 Å². The van der Waals surface area contributed by atoms with Gasteiger partial charge in [-0.15, -0.1) is 11.3 Å². The van der Waals surface area contributed by atoms with Crippen LogP contribution in [-0.2, 0) is 23.0 Å². The molecule has 8 heteroatoms. The SMILES string of the molecule is COc1ccc(-c2nc3c(s2)CN(S(=O)(=O)c2ccc(C)c(C)c2)CC3)cc1OC. The molecule has 6 nitrogen and oxygen atoms in total. The lowest BCUT2D eigenvalue weighted by Crippen LogP contribution is -2.35. The number of rotatable bonds is 5. The Hall–Kier alpha value is -2.42. The molecule has 0 saturated carbocycles. The van der Waals surface area contributed by atoms with Crippen LogP contribution < -0.4 is 9.47 Å². The number of hydrogen-bond donors (Lipinski definition) is 0. The Morgan fingerprint density at radius 1 is 1.00 bits per heavy atom. The highest BCUT2D eigenvalue weighted by Gasteiger charge is 2.30. The van der Waals surface area contributed by atoms with Crippen LogP contribution in [0.15, 0.2) is 41.3 Å². The molecule has 3 aromatic rings. The van der Waals surface area contributed by atoms with Crippen molar-refractivity contribution in [3.05, 3.63) is 58.1 Å². The van der Waals surface area contributed by atoms with Crippen molar-refractivity contribution in [1.82, 2.24) is 9.29 Å². The topological polar surface area (TPSA) is 68.7 Å². The lowest BCUT2D eigenvalue weighted by molar-refractivity contribution is 0.355. The summed E-state index contributed by atoms with van der Waals surface area (Å²) in [6.07, 6.45) is 0.600. The number of aromatic nitrogens is 1. The number of ether oxygens (including phenoxy) is 2. The van der Waals surface area contributed by atoms with Gasteiger partial charge >= 0.3 is 0 Å². The highest BCUT2D eigenvalue weighted by molar-refractivity contribution is 7.89. The van der Waals surface area contributed by atoms with E-state index in [1.165, 1.54) is 11.3 Å². The Labute approximate surface area is 181 Å². The summed E-state index contributed by atoms with van der Waals surface area (Å²) < 4.78 is 38.6. The Morgan fingerprint density at radius 2 is 1.77 bits per heavy atom. The molecular weight excluding hydrogens is 420 g/mol. The fourth-order valence-corrected chi connectivity index (χ4v) is 6.19. The molecule has 0 amide bonds. The molecule has 0 fully saturated rings. The van der Waals surface area contributed by atoms with Crippen LogP contribution in [0.3, 0.4) is 0 Å². The number of aryl methyl sites for hydroxylation is 2. The molecule has 1 aromatic heterocycles. The van der Waals surface area contributed by atoms with Crippen molar-refractivity contribution in [2.75, 3.05) is 20.8 Å². The van der Waals surface area contributed by atoms with Gasteiger partial charge in [0.25, 0.3) is 0 Å². The predicted octanol–water partition coefficient (Wildman–Crippen LogP) is 4.19. The Bertz CT molecular complexity index is 1200. The van der Waals surface area contributed by atoms with Crippen molar-refractivity contribution >= 4 is 21.4 Å². The van der Waals surface area contributed by atoms with Crippen LogP contribution in [-0.4, -0.2) is 38.5 Å². The predicted molar refractivity (Wildman–Crippen MR) is 118 cm³/mol. The van der Waals surface area contributed by atoms with E-state index in [1.54, 1.807) is 30.7 Å². The largest absolute Gasteiger partial charge is 0.493 e. The van der Waals surface area contributed by atoms with Crippen molar-refractivity contribution in [3.8, 4) is 22.1 Å². The number of methoxy groups -OCH3 is 2. The lowest BCUT2D eigenvalue weighted by Gasteiger charge is -2.25. The first-order chi connectivity index (χ1) is 14.3. The number of nitrogens with zero attached hydrogens (tertiary/aromatic N) is 2. The van der Waals surface area contributed by atoms with E-state index in [-0.39, 0.29) is 0 Å². The van der Waals surface area contributed by atoms with Crippen LogP contribution in [0, 0.1) is 13.8 Å². The number of sulfonamides is 1. The van der Waals surface area contributed by atoms with Crippen molar-refractivity contribution in [1.29, 1.82) is 0 Å². The van der Waals surface area contributed by atoms with Gasteiger partial charge in [0, 0.05) is 23.4 Å². The van der Waals surface area contributed by atoms with Gasteiger partial charge in [-0.2, -0.15) is 4.31 Å². The normalized spacial score (nSPS) is 14.4. The minimum absolute atomic E-state index is 0.343. The maximum absolute atomic E-state index is 13.2. The molecule has 0 unspecified atom stereocenters. The molecule has 4 rings (SSSR count). The number of benzene rings is 2. The van der Waals surface area contributed by atoms with E-state index in [9.17, 15) is 8.42 Å². The van der Waals surface area contributed by atoms with Gasteiger partial charge in [0.1, 0.15) is 5.01 Å². The number of thiazole rings is 1. The monoisotopic (exact) mass is 444 g/mol. The zero-order valence-corrected chi connectivity index (χ0v) is 19.1. The first-order valence-electron chi connectivity index (χ1n) is 9.62. The molecule has 1 aliphatic heterocycles. The van der Waals surface area contributed by atoms with Crippen LogP contribution in [0.1, 0.15) is 21.7 Å². The molecule has 158 valence electrons. The third-order valence-electron chi connectivity index (χ3n) is 5.44. The van der Waals surface area contributed by atoms with Gasteiger partial charge in [-0.1, -0.05) is 6.07 Å².